The van der Waals surface area contributed by atoms with Crippen LogP contribution < -0.4 is 16.0 Å². The fraction of sp³-hybridized carbons (Fsp3) is 0.474. The van der Waals surface area contributed by atoms with Gasteiger partial charge in [-0.25, -0.2) is 4.79 Å². The van der Waals surface area contributed by atoms with Crippen LogP contribution in [0.1, 0.15) is 19.4 Å². The predicted octanol–water partition coefficient (Wildman–Crippen LogP) is -0.193. The maximum atomic E-state index is 12.6. The van der Waals surface area contributed by atoms with Gasteiger partial charge in [0.05, 0.1) is 6.54 Å². The molecule has 1 heterocycles. The molecule has 0 radical (unpaired) electrons. The fourth-order valence-electron chi connectivity index (χ4n) is 2.70. The zero-order valence-corrected chi connectivity index (χ0v) is 16.1. The average Bonchev–Trinajstić information content (AvgIpc) is 2.70. The lowest BCUT2D eigenvalue weighted by molar-refractivity contribution is -0.132. The smallest absolute Gasteiger partial charge is 0.410 e. The van der Waals surface area contributed by atoms with Crippen molar-refractivity contribution < 1.29 is 23.9 Å². The van der Waals surface area contributed by atoms with Crippen molar-refractivity contribution in [3.63, 3.8) is 0 Å². The first kappa shape index (κ1) is 21.4. The number of rotatable bonds is 7. The molecular weight excluding hydrogens is 364 g/mol. The summed E-state index contributed by atoms with van der Waals surface area (Å²) in [5.41, 5.74) is 0.850. The quantitative estimate of drug-likeness (QED) is 0.594. The van der Waals surface area contributed by atoms with Crippen molar-refractivity contribution in [1.29, 1.82) is 0 Å². The second-order valence-corrected chi connectivity index (χ2v) is 6.60. The SMILES string of the molecule is CC(=O)CNC(=O)[C@H](C)NC(=O)C1CNCCN1C(=O)OCc1ccccc1. The van der Waals surface area contributed by atoms with E-state index in [9.17, 15) is 19.2 Å². The molecule has 2 rings (SSSR count). The van der Waals surface area contributed by atoms with Crippen LogP contribution in [0.25, 0.3) is 0 Å². The highest BCUT2D eigenvalue weighted by Gasteiger charge is 2.34. The Morgan fingerprint density at radius 2 is 1.96 bits per heavy atom. The van der Waals surface area contributed by atoms with E-state index in [2.05, 4.69) is 16.0 Å². The number of nitrogens with one attached hydrogen (secondary N) is 3. The first-order valence-electron chi connectivity index (χ1n) is 9.14. The largest absolute Gasteiger partial charge is 0.445 e. The van der Waals surface area contributed by atoms with Gasteiger partial charge >= 0.3 is 6.09 Å². The van der Waals surface area contributed by atoms with Crippen molar-refractivity contribution in [2.45, 2.75) is 32.5 Å². The normalized spacial score (nSPS) is 17.4. The first-order valence-corrected chi connectivity index (χ1v) is 9.14. The number of ketones is 1. The number of Topliss-reactive ketones (excluding diaryl/α,β-unsaturated/α-hetero) is 1. The van der Waals surface area contributed by atoms with Gasteiger partial charge in [0, 0.05) is 19.6 Å². The molecule has 0 bridgehead atoms. The zero-order valence-electron chi connectivity index (χ0n) is 16.1. The molecular formula is C19H26N4O5. The number of carbonyl (C=O) groups is 4. The fourth-order valence-corrected chi connectivity index (χ4v) is 2.70. The van der Waals surface area contributed by atoms with E-state index in [0.717, 1.165) is 5.56 Å². The van der Waals surface area contributed by atoms with Crippen molar-refractivity contribution in [2.24, 2.45) is 0 Å². The van der Waals surface area contributed by atoms with Crippen LogP contribution in [0.4, 0.5) is 4.79 Å². The maximum Gasteiger partial charge on any atom is 0.410 e. The monoisotopic (exact) mass is 390 g/mol. The van der Waals surface area contributed by atoms with Gasteiger partial charge in [0.2, 0.25) is 11.8 Å². The standard InChI is InChI=1S/C19H26N4O5/c1-13(24)10-21-17(25)14(2)22-18(26)16-11-20-8-9-23(16)19(27)28-12-15-6-4-3-5-7-15/h3-7,14,16,20H,8-12H2,1-2H3,(H,21,25)(H,22,26)/t14-,16?/m0/s1. The van der Waals surface area contributed by atoms with E-state index in [-0.39, 0.29) is 25.5 Å². The number of hydrogen-bond donors (Lipinski definition) is 3. The molecule has 2 atom stereocenters. The molecule has 1 fully saturated rings. The molecule has 28 heavy (non-hydrogen) atoms. The summed E-state index contributed by atoms with van der Waals surface area (Å²) in [6.45, 7) is 4.01. The van der Waals surface area contributed by atoms with Gasteiger partial charge in [-0.15, -0.1) is 0 Å². The van der Waals surface area contributed by atoms with Crippen LogP contribution in [0.5, 0.6) is 0 Å². The van der Waals surface area contributed by atoms with E-state index in [1.165, 1.54) is 18.7 Å². The van der Waals surface area contributed by atoms with Gasteiger partial charge in [0.15, 0.2) is 0 Å². The van der Waals surface area contributed by atoms with Gasteiger partial charge < -0.3 is 20.7 Å². The zero-order chi connectivity index (χ0) is 20.5. The molecule has 1 aliphatic rings. The Labute approximate surface area is 163 Å². The lowest BCUT2D eigenvalue weighted by Crippen LogP contribution is -2.61. The minimum Gasteiger partial charge on any atom is -0.445 e. The molecule has 3 N–H and O–H groups in total. The second kappa shape index (κ2) is 10.4. The van der Waals surface area contributed by atoms with Gasteiger partial charge in [-0.2, -0.15) is 0 Å². The molecule has 0 saturated carbocycles. The van der Waals surface area contributed by atoms with E-state index in [4.69, 9.17) is 4.74 Å². The number of carbonyl (C=O) groups excluding carboxylic acids is 4. The summed E-state index contributed by atoms with van der Waals surface area (Å²) in [4.78, 5) is 49.3. The Kier molecular flexibility index (Phi) is 7.94. The van der Waals surface area contributed by atoms with Gasteiger partial charge in [-0.3, -0.25) is 19.3 Å². The Bertz CT molecular complexity index is 710. The molecule has 9 nitrogen and oxygen atoms in total. The lowest BCUT2D eigenvalue weighted by Gasteiger charge is -2.34. The molecule has 0 spiro atoms. The molecule has 0 aromatic heterocycles. The van der Waals surface area contributed by atoms with Crippen molar-refractivity contribution in [2.75, 3.05) is 26.2 Å². The first-order chi connectivity index (χ1) is 13.4. The molecule has 152 valence electrons. The molecule has 1 aliphatic heterocycles. The highest BCUT2D eigenvalue weighted by Crippen LogP contribution is 2.09. The van der Waals surface area contributed by atoms with E-state index in [0.29, 0.717) is 13.1 Å². The summed E-state index contributed by atoms with van der Waals surface area (Å²) >= 11 is 0. The Balaban J connectivity index is 1.91. The molecule has 1 saturated heterocycles. The third-order valence-electron chi connectivity index (χ3n) is 4.25. The van der Waals surface area contributed by atoms with Crippen LogP contribution in [-0.4, -0.2) is 66.9 Å². The maximum absolute atomic E-state index is 12.6. The van der Waals surface area contributed by atoms with Gasteiger partial charge in [0.25, 0.3) is 0 Å². The highest BCUT2D eigenvalue weighted by molar-refractivity contribution is 5.92. The van der Waals surface area contributed by atoms with E-state index >= 15 is 0 Å². The highest BCUT2D eigenvalue weighted by atomic mass is 16.6. The van der Waals surface area contributed by atoms with Crippen LogP contribution in [0.2, 0.25) is 0 Å². The average molecular weight is 390 g/mol. The minimum absolute atomic E-state index is 0.0953. The number of nitrogens with zero attached hydrogens (tertiary/aromatic N) is 1. The number of hydrogen-bond acceptors (Lipinski definition) is 6. The number of ether oxygens (including phenoxy) is 1. The molecule has 1 aromatic carbocycles. The number of benzene rings is 1. The Morgan fingerprint density at radius 1 is 1.25 bits per heavy atom. The number of amides is 3. The molecule has 1 aromatic rings. The van der Waals surface area contributed by atoms with E-state index in [1.807, 2.05) is 30.3 Å². The topological polar surface area (TPSA) is 117 Å². The van der Waals surface area contributed by atoms with Crippen LogP contribution in [-0.2, 0) is 25.7 Å². The lowest BCUT2D eigenvalue weighted by atomic mass is 10.1. The molecule has 1 unspecified atom stereocenters. The molecule has 9 heteroatoms. The van der Waals surface area contributed by atoms with Crippen molar-refractivity contribution in [1.82, 2.24) is 20.9 Å². The molecule has 0 aliphatic carbocycles. The predicted molar refractivity (Wildman–Crippen MR) is 101 cm³/mol. The second-order valence-electron chi connectivity index (χ2n) is 6.60. The van der Waals surface area contributed by atoms with E-state index < -0.39 is 30.0 Å². The van der Waals surface area contributed by atoms with Crippen molar-refractivity contribution in [3.05, 3.63) is 35.9 Å². The third-order valence-corrected chi connectivity index (χ3v) is 4.25. The Morgan fingerprint density at radius 3 is 2.64 bits per heavy atom. The van der Waals surface area contributed by atoms with Gasteiger partial charge in [0.1, 0.15) is 24.5 Å². The molecule has 3 amide bonds. The Hall–Kier alpha value is -2.94. The summed E-state index contributed by atoms with van der Waals surface area (Å²) in [5, 5.41) is 8.08. The van der Waals surface area contributed by atoms with Crippen molar-refractivity contribution in [3.8, 4) is 0 Å². The summed E-state index contributed by atoms with van der Waals surface area (Å²) < 4.78 is 5.33. The van der Waals surface area contributed by atoms with Crippen LogP contribution in [0.15, 0.2) is 30.3 Å². The van der Waals surface area contributed by atoms with Gasteiger partial charge in [-0.1, -0.05) is 30.3 Å². The minimum atomic E-state index is -0.837. The summed E-state index contributed by atoms with van der Waals surface area (Å²) in [7, 11) is 0. The van der Waals surface area contributed by atoms with Crippen LogP contribution in [0.3, 0.4) is 0 Å². The third kappa shape index (κ3) is 6.34. The van der Waals surface area contributed by atoms with Crippen molar-refractivity contribution >= 4 is 23.7 Å². The van der Waals surface area contributed by atoms with Gasteiger partial charge in [-0.05, 0) is 19.4 Å². The summed E-state index contributed by atoms with van der Waals surface area (Å²) in [6, 6.07) is 7.63. The summed E-state index contributed by atoms with van der Waals surface area (Å²) in [6.07, 6.45) is -0.584. The van der Waals surface area contributed by atoms with E-state index in [1.54, 1.807) is 0 Å². The number of piperazine rings is 1. The van der Waals surface area contributed by atoms with Crippen LogP contribution in [0, 0.1) is 0 Å². The van der Waals surface area contributed by atoms with Crippen LogP contribution >= 0.6 is 0 Å². The summed E-state index contributed by atoms with van der Waals surface area (Å²) in [5.74, 6) is -1.12.